The van der Waals surface area contributed by atoms with Gasteiger partial charge in [0, 0.05) is 28.4 Å². The van der Waals surface area contributed by atoms with Crippen molar-refractivity contribution in [3.05, 3.63) is 105 Å². The highest BCUT2D eigenvalue weighted by molar-refractivity contribution is 5.97. The number of fused-ring (bicyclic) bond motifs is 1. The number of para-hydroxylation sites is 1. The maximum atomic E-state index is 14.1. The molecule has 0 aliphatic heterocycles. The van der Waals surface area contributed by atoms with Crippen molar-refractivity contribution in [3.63, 3.8) is 0 Å². The third-order valence-corrected chi connectivity index (χ3v) is 6.08. The lowest BCUT2D eigenvalue weighted by molar-refractivity contribution is -0.138. The van der Waals surface area contributed by atoms with E-state index in [4.69, 9.17) is 4.74 Å². The third kappa shape index (κ3) is 4.86. The average molecular weight is 523 g/mol. The Balaban J connectivity index is 1.49. The summed E-state index contributed by atoms with van der Waals surface area (Å²) in [5.74, 6) is -0.219. The minimum Gasteiger partial charge on any atom is -0.487 e. The molecule has 5 rings (SSSR count). The molecule has 0 fully saturated rings. The molecule has 1 N–H and O–H groups in total. The molecular weight excluding hydrogens is 502 g/mol. The minimum atomic E-state index is -4.80. The SMILES string of the molecule is Cc1cc(-c2[nH]ncc2C)c2cccc(OCc3cc(F)cnc3Cn3cccc(C(F)(F)F)c3=O)c2n1. The maximum Gasteiger partial charge on any atom is 0.421 e. The number of alkyl halides is 3. The summed E-state index contributed by atoms with van der Waals surface area (Å²) in [5, 5.41) is 7.92. The van der Waals surface area contributed by atoms with Gasteiger partial charge in [-0.15, -0.1) is 0 Å². The molecule has 11 heteroatoms. The molecule has 0 atom stereocenters. The first-order valence-electron chi connectivity index (χ1n) is 11.6. The molecule has 4 aromatic heterocycles. The summed E-state index contributed by atoms with van der Waals surface area (Å²) in [5.41, 5.74) is 2.00. The van der Waals surface area contributed by atoms with Crippen LogP contribution in [0.3, 0.4) is 0 Å². The van der Waals surface area contributed by atoms with Crippen molar-refractivity contribution < 1.29 is 22.3 Å². The van der Waals surface area contributed by atoms with Crippen LogP contribution >= 0.6 is 0 Å². The van der Waals surface area contributed by atoms with Gasteiger partial charge in [-0.25, -0.2) is 9.37 Å². The van der Waals surface area contributed by atoms with E-state index in [0.717, 1.165) is 50.8 Å². The van der Waals surface area contributed by atoms with Gasteiger partial charge in [0.05, 0.1) is 30.3 Å². The molecular formula is C27H21F4N5O2. The van der Waals surface area contributed by atoms with Crippen molar-refractivity contribution in [2.45, 2.75) is 33.2 Å². The fraction of sp³-hybridized carbons (Fsp3) is 0.185. The number of aromatic amines is 1. The topological polar surface area (TPSA) is 85.7 Å². The van der Waals surface area contributed by atoms with E-state index in [0.29, 0.717) is 11.3 Å². The monoisotopic (exact) mass is 523 g/mol. The van der Waals surface area contributed by atoms with Gasteiger partial charge in [0.25, 0.3) is 5.56 Å². The summed E-state index contributed by atoms with van der Waals surface area (Å²) in [6.45, 7) is 3.35. The van der Waals surface area contributed by atoms with Crippen molar-refractivity contribution in [1.29, 1.82) is 0 Å². The number of ether oxygens (including phenoxy) is 1. The number of H-pyrrole nitrogens is 1. The van der Waals surface area contributed by atoms with E-state index in [1.807, 2.05) is 26.0 Å². The van der Waals surface area contributed by atoms with Crippen molar-refractivity contribution in [3.8, 4) is 17.0 Å². The van der Waals surface area contributed by atoms with Gasteiger partial charge in [-0.05, 0) is 49.7 Å². The van der Waals surface area contributed by atoms with E-state index < -0.39 is 23.1 Å². The summed E-state index contributed by atoms with van der Waals surface area (Å²) in [7, 11) is 0. The van der Waals surface area contributed by atoms with Crippen LogP contribution in [0.25, 0.3) is 22.2 Å². The van der Waals surface area contributed by atoms with Gasteiger partial charge in [-0.1, -0.05) is 12.1 Å². The molecule has 4 heterocycles. The van der Waals surface area contributed by atoms with Crippen LogP contribution in [0.1, 0.15) is 28.1 Å². The summed E-state index contributed by atoms with van der Waals surface area (Å²) < 4.78 is 60.6. The fourth-order valence-corrected chi connectivity index (χ4v) is 4.26. The third-order valence-electron chi connectivity index (χ3n) is 6.08. The smallest absolute Gasteiger partial charge is 0.421 e. The molecule has 7 nitrogen and oxygen atoms in total. The molecule has 0 amide bonds. The number of aryl methyl sites for hydroxylation is 2. The molecule has 0 aliphatic rings. The van der Waals surface area contributed by atoms with E-state index in [-0.39, 0.29) is 24.4 Å². The van der Waals surface area contributed by atoms with Gasteiger partial charge in [0.15, 0.2) is 0 Å². The molecule has 0 saturated carbocycles. The zero-order chi connectivity index (χ0) is 27.0. The van der Waals surface area contributed by atoms with E-state index in [1.165, 1.54) is 12.3 Å². The normalized spacial score (nSPS) is 11.7. The molecule has 0 bridgehead atoms. The zero-order valence-corrected chi connectivity index (χ0v) is 20.3. The molecule has 194 valence electrons. The summed E-state index contributed by atoms with van der Waals surface area (Å²) in [4.78, 5) is 21.1. The summed E-state index contributed by atoms with van der Waals surface area (Å²) in [6, 6.07) is 10.4. The molecule has 0 radical (unpaired) electrons. The highest BCUT2D eigenvalue weighted by atomic mass is 19.4. The van der Waals surface area contributed by atoms with Crippen LogP contribution in [0.15, 0.2) is 65.8 Å². The Hall–Kier alpha value is -4.54. The van der Waals surface area contributed by atoms with Crippen molar-refractivity contribution in [2.24, 2.45) is 0 Å². The summed E-state index contributed by atoms with van der Waals surface area (Å²) >= 11 is 0. The Labute approximate surface area is 213 Å². The van der Waals surface area contributed by atoms with E-state index in [2.05, 4.69) is 20.2 Å². The number of nitrogens with one attached hydrogen (secondary N) is 1. The number of halogens is 4. The van der Waals surface area contributed by atoms with Crippen LogP contribution in [0.4, 0.5) is 17.6 Å². The first kappa shape index (κ1) is 25.1. The van der Waals surface area contributed by atoms with Crippen molar-refractivity contribution in [2.75, 3.05) is 0 Å². The van der Waals surface area contributed by atoms with Crippen LogP contribution in [0.2, 0.25) is 0 Å². The van der Waals surface area contributed by atoms with Crippen LogP contribution in [0, 0.1) is 19.7 Å². The van der Waals surface area contributed by atoms with Gasteiger partial charge in [-0.2, -0.15) is 18.3 Å². The molecule has 1 aromatic carbocycles. The number of hydrogen-bond donors (Lipinski definition) is 1. The van der Waals surface area contributed by atoms with Gasteiger partial charge in [0.1, 0.15) is 29.3 Å². The highest BCUT2D eigenvalue weighted by Crippen LogP contribution is 2.34. The number of pyridine rings is 3. The van der Waals surface area contributed by atoms with Gasteiger partial charge >= 0.3 is 6.18 Å². The minimum absolute atomic E-state index is 0.152. The lowest BCUT2D eigenvalue weighted by Crippen LogP contribution is -2.28. The Morgan fingerprint density at radius 3 is 2.63 bits per heavy atom. The first-order chi connectivity index (χ1) is 18.1. The quantitative estimate of drug-likeness (QED) is 0.294. The van der Waals surface area contributed by atoms with Crippen molar-refractivity contribution >= 4 is 10.9 Å². The Bertz CT molecular complexity index is 1710. The maximum absolute atomic E-state index is 14.1. The highest BCUT2D eigenvalue weighted by Gasteiger charge is 2.34. The zero-order valence-electron chi connectivity index (χ0n) is 20.3. The predicted molar refractivity (Wildman–Crippen MR) is 132 cm³/mol. The number of rotatable bonds is 6. The average Bonchev–Trinajstić information content (AvgIpc) is 3.29. The molecule has 0 spiro atoms. The Morgan fingerprint density at radius 1 is 1.08 bits per heavy atom. The molecule has 0 saturated heterocycles. The van der Waals surface area contributed by atoms with E-state index >= 15 is 0 Å². The number of benzene rings is 1. The first-order valence-corrected chi connectivity index (χ1v) is 11.6. The Kier molecular flexibility index (Phi) is 6.43. The molecule has 5 aromatic rings. The second kappa shape index (κ2) is 9.73. The van der Waals surface area contributed by atoms with Gasteiger partial charge in [-0.3, -0.25) is 14.9 Å². The Morgan fingerprint density at radius 2 is 1.89 bits per heavy atom. The van der Waals surface area contributed by atoms with Crippen LogP contribution < -0.4 is 10.3 Å². The number of nitrogens with zero attached hydrogens (tertiary/aromatic N) is 4. The lowest BCUT2D eigenvalue weighted by Gasteiger charge is -2.15. The van der Waals surface area contributed by atoms with Crippen LogP contribution in [0.5, 0.6) is 5.75 Å². The fourth-order valence-electron chi connectivity index (χ4n) is 4.26. The standard InChI is InChI=1S/C27H21F4N5O2/c1-15-11-33-35-24(15)20-9-16(2)34-25-19(20)5-3-7-23(25)38-14-17-10-18(28)12-32-22(17)13-36-8-4-6-21(26(36)37)27(29,30)31/h3-12H,13-14H2,1-2H3,(H,33,35). The predicted octanol–water partition coefficient (Wildman–Crippen LogP) is 5.58. The van der Waals surface area contributed by atoms with E-state index in [1.54, 1.807) is 18.3 Å². The van der Waals surface area contributed by atoms with Crippen LogP contribution in [-0.4, -0.2) is 24.7 Å². The van der Waals surface area contributed by atoms with Crippen LogP contribution in [-0.2, 0) is 19.3 Å². The summed E-state index contributed by atoms with van der Waals surface area (Å²) in [6.07, 6.45) is -0.899. The van der Waals surface area contributed by atoms with Gasteiger partial charge in [0.2, 0.25) is 0 Å². The number of hydrogen-bond acceptors (Lipinski definition) is 5. The molecule has 0 aliphatic carbocycles. The largest absolute Gasteiger partial charge is 0.487 e. The molecule has 0 unspecified atom stereocenters. The molecule has 38 heavy (non-hydrogen) atoms. The van der Waals surface area contributed by atoms with E-state index in [9.17, 15) is 22.4 Å². The van der Waals surface area contributed by atoms with Gasteiger partial charge < -0.3 is 9.30 Å². The van der Waals surface area contributed by atoms with Crippen molar-refractivity contribution in [1.82, 2.24) is 24.7 Å². The second-order valence-corrected chi connectivity index (χ2v) is 8.79. The second-order valence-electron chi connectivity index (χ2n) is 8.79. The number of aromatic nitrogens is 5. The lowest BCUT2D eigenvalue weighted by atomic mass is 10.0.